The van der Waals surface area contributed by atoms with Gasteiger partial charge >= 0.3 is 0 Å². The van der Waals surface area contributed by atoms with Crippen molar-refractivity contribution in [3.63, 3.8) is 0 Å². The molecule has 0 saturated carbocycles. The Labute approximate surface area is 144 Å². The molecule has 0 bridgehead atoms. The predicted molar refractivity (Wildman–Crippen MR) is 90.5 cm³/mol. The van der Waals surface area contributed by atoms with Crippen molar-refractivity contribution in [1.29, 1.82) is 0 Å². The van der Waals surface area contributed by atoms with Crippen molar-refractivity contribution in [2.75, 3.05) is 5.32 Å². The molecule has 1 heterocycles. The van der Waals surface area contributed by atoms with E-state index in [1.54, 1.807) is 6.07 Å². The average Bonchev–Trinajstić information content (AvgIpc) is 3.04. The molecule has 6 nitrogen and oxygen atoms in total. The first-order valence-electron chi connectivity index (χ1n) is 7.72. The van der Waals surface area contributed by atoms with Crippen LogP contribution in [0, 0.1) is 12.7 Å². The van der Waals surface area contributed by atoms with Gasteiger partial charge in [0.2, 0.25) is 5.82 Å². The largest absolute Gasteiger partial charge is 0.386 e. The second-order valence-electron chi connectivity index (χ2n) is 5.68. The van der Waals surface area contributed by atoms with E-state index in [-0.39, 0.29) is 18.2 Å². The molecule has 1 aromatic heterocycles. The number of rotatable bonds is 5. The number of hydrogen-bond acceptors (Lipinski definition) is 4. The van der Waals surface area contributed by atoms with E-state index >= 15 is 0 Å². The summed E-state index contributed by atoms with van der Waals surface area (Å²) in [5.41, 5.74) is 2.24. The first kappa shape index (κ1) is 16.8. The van der Waals surface area contributed by atoms with Gasteiger partial charge in [0, 0.05) is 5.69 Å². The Morgan fingerprint density at radius 1 is 1.28 bits per heavy atom. The van der Waals surface area contributed by atoms with Crippen LogP contribution in [-0.2, 0) is 6.54 Å². The molecule has 0 saturated heterocycles. The number of nitrogens with zero attached hydrogens (tertiary/aromatic N) is 3. The number of amides is 1. The zero-order valence-corrected chi connectivity index (χ0v) is 13.6. The maximum atomic E-state index is 12.9. The minimum absolute atomic E-state index is 0.00723. The predicted octanol–water partition coefficient (Wildman–Crippen LogP) is 2.71. The van der Waals surface area contributed by atoms with Crippen LogP contribution < -0.4 is 5.32 Å². The van der Waals surface area contributed by atoms with E-state index in [1.807, 2.05) is 25.1 Å². The van der Waals surface area contributed by atoms with E-state index in [0.29, 0.717) is 11.3 Å². The normalized spacial score (nSPS) is 12.0. The van der Waals surface area contributed by atoms with Crippen LogP contribution in [0.5, 0.6) is 0 Å². The van der Waals surface area contributed by atoms with Gasteiger partial charge in [0.25, 0.3) is 5.91 Å². The minimum Gasteiger partial charge on any atom is -0.386 e. The van der Waals surface area contributed by atoms with E-state index in [9.17, 15) is 14.3 Å². The van der Waals surface area contributed by atoms with Crippen LogP contribution in [0.25, 0.3) is 0 Å². The van der Waals surface area contributed by atoms with Gasteiger partial charge in [0.05, 0.1) is 12.6 Å². The molecule has 1 amide bonds. The van der Waals surface area contributed by atoms with Crippen LogP contribution in [0.4, 0.5) is 10.1 Å². The van der Waals surface area contributed by atoms with Crippen molar-refractivity contribution in [3.8, 4) is 0 Å². The lowest BCUT2D eigenvalue weighted by molar-refractivity contribution is 0.101. The molecule has 0 aliphatic carbocycles. The number of carbonyl (C=O) groups excluding carboxylic acids is 1. The Balaban J connectivity index is 1.65. The summed E-state index contributed by atoms with van der Waals surface area (Å²) in [6, 6.07) is 13.0. The SMILES string of the molecule is Cc1cccc(NC(=O)c2ncn(C[C@@H](O)c3ccc(F)cc3)n2)c1. The first-order chi connectivity index (χ1) is 12.0. The summed E-state index contributed by atoms with van der Waals surface area (Å²) in [5, 5.41) is 17.0. The van der Waals surface area contributed by atoms with Gasteiger partial charge in [0.15, 0.2) is 0 Å². The molecule has 0 unspecified atom stereocenters. The van der Waals surface area contributed by atoms with Gasteiger partial charge in [-0.25, -0.2) is 14.1 Å². The number of nitrogens with one attached hydrogen (secondary N) is 1. The highest BCUT2D eigenvalue weighted by Gasteiger charge is 2.14. The number of benzene rings is 2. The van der Waals surface area contributed by atoms with Crippen molar-refractivity contribution >= 4 is 11.6 Å². The topological polar surface area (TPSA) is 80.0 Å². The summed E-state index contributed by atoms with van der Waals surface area (Å²) in [4.78, 5) is 16.1. The molecule has 0 aliphatic rings. The zero-order valence-electron chi connectivity index (χ0n) is 13.6. The monoisotopic (exact) mass is 340 g/mol. The summed E-state index contributed by atoms with van der Waals surface area (Å²) in [6.07, 6.45) is 0.493. The number of anilines is 1. The third-order valence-corrected chi connectivity index (χ3v) is 3.63. The maximum absolute atomic E-state index is 12.9. The van der Waals surface area contributed by atoms with E-state index in [4.69, 9.17) is 0 Å². The van der Waals surface area contributed by atoms with Crippen LogP contribution in [0.1, 0.15) is 27.8 Å². The van der Waals surface area contributed by atoms with Crippen LogP contribution in [0.15, 0.2) is 54.9 Å². The van der Waals surface area contributed by atoms with Gasteiger partial charge < -0.3 is 10.4 Å². The van der Waals surface area contributed by atoms with E-state index < -0.39 is 12.0 Å². The molecule has 128 valence electrons. The van der Waals surface area contributed by atoms with Gasteiger partial charge in [-0.05, 0) is 42.3 Å². The number of aliphatic hydroxyl groups excluding tert-OH is 1. The molecule has 0 fully saturated rings. The van der Waals surface area contributed by atoms with Gasteiger partial charge in [-0.2, -0.15) is 0 Å². The molecule has 3 aromatic rings. The second kappa shape index (κ2) is 7.23. The lowest BCUT2D eigenvalue weighted by atomic mass is 10.1. The standard InChI is InChI=1S/C18H17FN4O2/c1-12-3-2-4-15(9-12)21-18(25)17-20-11-23(22-17)10-16(24)13-5-7-14(19)8-6-13/h2-9,11,16,24H,10H2,1H3,(H,21,25)/t16-/m1/s1. The van der Waals surface area contributed by atoms with Crippen LogP contribution in [0.2, 0.25) is 0 Å². The number of aromatic nitrogens is 3. The smallest absolute Gasteiger partial charge is 0.295 e. The Morgan fingerprint density at radius 3 is 2.76 bits per heavy atom. The summed E-state index contributed by atoms with van der Waals surface area (Å²) in [5.74, 6) is -0.791. The fourth-order valence-corrected chi connectivity index (χ4v) is 2.36. The van der Waals surface area contributed by atoms with Gasteiger partial charge in [0.1, 0.15) is 12.1 Å². The number of aliphatic hydroxyl groups is 1. The van der Waals surface area contributed by atoms with Crippen molar-refractivity contribution in [1.82, 2.24) is 14.8 Å². The molecule has 2 aromatic carbocycles. The summed E-state index contributed by atoms with van der Waals surface area (Å²) in [7, 11) is 0. The number of hydrogen-bond donors (Lipinski definition) is 2. The first-order valence-corrected chi connectivity index (χ1v) is 7.72. The molecule has 3 rings (SSSR count). The number of aryl methyl sites for hydroxylation is 1. The highest BCUT2D eigenvalue weighted by atomic mass is 19.1. The summed E-state index contributed by atoms with van der Waals surface area (Å²) in [6.45, 7) is 2.04. The van der Waals surface area contributed by atoms with Gasteiger partial charge in [-0.15, -0.1) is 5.10 Å². The molecule has 7 heteroatoms. The summed E-state index contributed by atoms with van der Waals surface area (Å²) >= 11 is 0. The Hall–Kier alpha value is -3.06. The van der Waals surface area contributed by atoms with E-state index in [2.05, 4.69) is 15.4 Å². The van der Waals surface area contributed by atoms with E-state index in [1.165, 1.54) is 35.3 Å². The Morgan fingerprint density at radius 2 is 2.04 bits per heavy atom. The lowest BCUT2D eigenvalue weighted by Gasteiger charge is -2.10. The Kier molecular flexibility index (Phi) is 4.85. The lowest BCUT2D eigenvalue weighted by Crippen LogP contribution is -2.15. The molecule has 0 aliphatic heterocycles. The Bertz CT molecular complexity index is 877. The zero-order chi connectivity index (χ0) is 17.8. The quantitative estimate of drug-likeness (QED) is 0.748. The number of halogens is 1. The molecule has 2 N–H and O–H groups in total. The second-order valence-corrected chi connectivity index (χ2v) is 5.68. The molecule has 25 heavy (non-hydrogen) atoms. The van der Waals surface area contributed by atoms with Crippen molar-refractivity contribution < 1.29 is 14.3 Å². The average molecular weight is 340 g/mol. The van der Waals surface area contributed by atoms with E-state index in [0.717, 1.165) is 5.56 Å². The molecular weight excluding hydrogens is 323 g/mol. The van der Waals surface area contributed by atoms with Crippen molar-refractivity contribution in [2.45, 2.75) is 19.6 Å². The third kappa shape index (κ3) is 4.27. The molecule has 0 radical (unpaired) electrons. The highest BCUT2D eigenvalue weighted by molar-refractivity contribution is 6.01. The van der Waals surface area contributed by atoms with Crippen LogP contribution >= 0.6 is 0 Å². The fourth-order valence-electron chi connectivity index (χ4n) is 2.36. The third-order valence-electron chi connectivity index (χ3n) is 3.63. The number of carbonyl (C=O) groups is 1. The molecule has 0 spiro atoms. The maximum Gasteiger partial charge on any atom is 0.295 e. The van der Waals surface area contributed by atoms with Gasteiger partial charge in [-0.1, -0.05) is 24.3 Å². The van der Waals surface area contributed by atoms with Crippen molar-refractivity contribution in [3.05, 3.63) is 77.6 Å². The summed E-state index contributed by atoms with van der Waals surface area (Å²) < 4.78 is 14.3. The van der Waals surface area contributed by atoms with Crippen LogP contribution in [-0.4, -0.2) is 25.8 Å². The minimum atomic E-state index is -0.880. The van der Waals surface area contributed by atoms with Gasteiger partial charge in [-0.3, -0.25) is 4.79 Å². The van der Waals surface area contributed by atoms with Crippen molar-refractivity contribution in [2.24, 2.45) is 0 Å². The van der Waals surface area contributed by atoms with Crippen LogP contribution in [0.3, 0.4) is 0 Å². The molecule has 1 atom stereocenters. The highest BCUT2D eigenvalue weighted by Crippen LogP contribution is 2.15. The fraction of sp³-hybridized carbons (Fsp3) is 0.167. The molecular formula is C18H17FN4O2.